The molecule has 0 radical (unpaired) electrons. The highest BCUT2D eigenvalue weighted by Gasteiger charge is 2.44. The zero-order valence-electron chi connectivity index (χ0n) is 33.4. The Kier molecular flexibility index (Phi) is 12.0. The van der Waals surface area contributed by atoms with E-state index in [0.717, 1.165) is 54.1 Å². The quantitative estimate of drug-likeness (QED) is 0.0665. The van der Waals surface area contributed by atoms with Gasteiger partial charge in [0.2, 0.25) is 17.8 Å². The van der Waals surface area contributed by atoms with Crippen LogP contribution in [0.4, 0.5) is 23.0 Å². The van der Waals surface area contributed by atoms with Gasteiger partial charge in [-0.05, 0) is 92.6 Å². The fourth-order valence-corrected chi connectivity index (χ4v) is 7.67. The minimum atomic E-state index is -0.989. The number of aliphatic hydroxyl groups excluding tert-OH is 1. The number of aromatic nitrogens is 5. The van der Waals surface area contributed by atoms with Gasteiger partial charge in [0.25, 0.3) is 17.4 Å². The number of carbonyl (C=O) groups excluding carboxylic acids is 4. The second kappa shape index (κ2) is 17.4. The van der Waals surface area contributed by atoms with Crippen molar-refractivity contribution in [1.29, 1.82) is 0 Å². The van der Waals surface area contributed by atoms with Gasteiger partial charge in [0.1, 0.15) is 11.4 Å². The number of benzene rings is 2. The number of hydrogen-bond acceptors (Lipinski definition) is 12. The summed E-state index contributed by atoms with van der Waals surface area (Å²) >= 11 is 0. The maximum Gasteiger partial charge on any atom is 0.278 e. The minimum absolute atomic E-state index is 0.0770. The first-order valence-electron chi connectivity index (χ1n) is 20.1. The number of fused-ring (bicyclic) bond motifs is 3. The normalized spacial score (nSPS) is 17.0. The molecule has 0 bridgehead atoms. The number of amides is 4. The summed E-state index contributed by atoms with van der Waals surface area (Å²) in [5.74, 6) is -1.28. The van der Waals surface area contributed by atoms with Gasteiger partial charge in [-0.15, -0.1) is 6.58 Å². The fourth-order valence-electron chi connectivity index (χ4n) is 7.67. The van der Waals surface area contributed by atoms with E-state index in [1.807, 2.05) is 57.3 Å². The highest BCUT2D eigenvalue weighted by Crippen LogP contribution is 2.32. The van der Waals surface area contributed by atoms with E-state index in [0.29, 0.717) is 47.1 Å². The van der Waals surface area contributed by atoms with E-state index in [-0.39, 0.29) is 36.1 Å². The summed E-state index contributed by atoms with van der Waals surface area (Å²) in [7, 11) is 2.04. The van der Waals surface area contributed by atoms with Crippen molar-refractivity contribution in [2.75, 3.05) is 35.7 Å². The Labute approximate surface area is 340 Å². The Morgan fingerprint density at radius 2 is 1.68 bits per heavy atom. The SMILES string of the molecule is C=CCn1c(=O)c2cnc(Nc3ccc(N(C)CCCCCNc4ccc5c(c4)C(=O)N(C4CCC(=O)NC4=O)C5=O)cc3)nc2n1-c1ccc2c(n1)C(O)CC2.CC. The average molecular weight is 801 g/mol. The molecular weight excluding hydrogens is 753 g/mol. The van der Waals surface area contributed by atoms with E-state index in [4.69, 9.17) is 9.97 Å². The van der Waals surface area contributed by atoms with E-state index in [1.54, 1.807) is 29.0 Å². The molecular formula is C43H48N10O6. The van der Waals surface area contributed by atoms with Crippen LogP contribution < -0.4 is 26.4 Å². The number of carbonyl (C=O) groups is 4. The average Bonchev–Trinajstić information content (AvgIpc) is 3.83. The Bertz CT molecular complexity index is 2490. The van der Waals surface area contributed by atoms with E-state index >= 15 is 0 Å². The van der Waals surface area contributed by atoms with Gasteiger partial charge < -0.3 is 20.6 Å². The van der Waals surface area contributed by atoms with Crippen molar-refractivity contribution in [3.05, 3.63) is 106 Å². The van der Waals surface area contributed by atoms with Crippen LogP contribution in [0.25, 0.3) is 16.9 Å². The van der Waals surface area contributed by atoms with Gasteiger partial charge in [0.05, 0.1) is 29.5 Å². The lowest BCUT2D eigenvalue weighted by Gasteiger charge is -2.27. The smallest absolute Gasteiger partial charge is 0.278 e. The summed E-state index contributed by atoms with van der Waals surface area (Å²) in [5, 5.41) is 19.6. The lowest BCUT2D eigenvalue weighted by Crippen LogP contribution is -2.54. The van der Waals surface area contributed by atoms with Crippen LogP contribution in [0.15, 0.2) is 78.2 Å². The lowest BCUT2D eigenvalue weighted by molar-refractivity contribution is -0.136. The van der Waals surface area contributed by atoms with Gasteiger partial charge in [0, 0.05) is 49.8 Å². The molecule has 5 aromatic rings. The lowest BCUT2D eigenvalue weighted by atomic mass is 10.0. The van der Waals surface area contributed by atoms with Crippen LogP contribution in [-0.2, 0) is 22.6 Å². The first kappa shape index (κ1) is 40.5. The molecule has 8 rings (SSSR count). The Morgan fingerprint density at radius 1 is 0.915 bits per heavy atom. The summed E-state index contributed by atoms with van der Waals surface area (Å²) in [4.78, 5) is 80.4. The van der Waals surface area contributed by atoms with Crippen LogP contribution in [0, 0.1) is 0 Å². The van der Waals surface area contributed by atoms with Crippen molar-refractivity contribution >= 4 is 57.7 Å². The monoisotopic (exact) mass is 800 g/mol. The molecule has 4 N–H and O–H groups in total. The molecule has 3 aliphatic rings. The van der Waals surface area contributed by atoms with Crippen molar-refractivity contribution in [1.82, 2.24) is 34.5 Å². The van der Waals surface area contributed by atoms with Gasteiger partial charge in [-0.3, -0.25) is 34.2 Å². The largest absolute Gasteiger partial charge is 0.387 e. The molecule has 1 aliphatic carbocycles. The maximum atomic E-state index is 13.4. The number of anilines is 4. The number of hydrogen-bond donors (Lipinski definition) is 4. The topological polar surface area (TPSA) is 197 Å². The van der Waals surface area contributed by atoms with Crippen molar-refractivity contribution in [2.45, 2.75) is 77.5 Å². The molecule has 3 aromatic heterocycles. The van der Waals surface area contributed by atoms with Crippen LogP contribution in [0.2, 0.25) is 0 Å². The molecule has 2 unspecified atom stereocenters. The maximum absolute atomic E-state index is 13.4. The number of nitrogens with zero attached hydrogens (tertiary/aromatic N) is 7. The van der Waals surface area contributed by atoms with Crippen molar-refractivity contribution in [2.24, 2.45) is 0 Å². The Hall–Kier alpha value is -6.68. The highest BCUT2D eigenvalue weighted by molar-refractivity contribution is 6.23. The summed E-state index contributed by atoms with van der Waals surface area (Å²) in [6.07, 6.45) is 6.88. The highest BCUT2D eigenvalue weighted by atomic mass is 16.3. The molecule has 16 heteroatoms. The Morgan fingerprint density at radius 3 is 2.44 bits per heavy atom. The standard InChI is InChI=1S/C41H42N10O6.C2H6/c1-3-20-49-38(55)30-23-43-41(47-36(30)51(49)33-17-8-24-7-16-32(52)35(24)45-33)44-25-9-12-27(13-10-25)48(2)21-6-4-5-19-42-26-11-14-28-29(22-26)40(57)50(39(28)56)31-15-18-34(53)46-37(31)54;1-2/h3,8-14,17,22-23,31-32,42,52H,1,4-7,15-16,18-21H2,2H3,(H,43,44,47)(H,46,53,54);1-2H3. The molecule has 1 fully saturated rings. The van der Waals surface area contributed by atoms with Gasteiger partial charge in [-0.25, -0.2) is 19.3 Å². The van der Waals surface area contributed by atoms with Crippen LogP contribution in [0.1, 0.15) is 90.4 Å². The molecule has 0 spiro atoms. The van der Waals surface area contributed by atoms with Crippen LogP contribution in [0.5, 0.6) is 0 Å². The predicted molar refractivity (Wildman–Crippen MR) is 224 cm³/mol. The third kappa shape index (κ3) is 8.08. The zero-order valence-corrected chi connectivity index (χ0v) is 33.4. The van der Waals surface area contributed by atoms with E-state index in [9.17, 15) is 29.1 Å². The number of aryl methyl sites for hydroxylation is 1. The molecule has 2 atom stereocenters. The van der Waals surface area contributed by atoms with Gasteiger partial charge in [-0.1, -0.05) is 26.0 Å². The van der Waals surface area contributed by atoms with Gasteiger partial charge in [-0.2, -0.15) is 4.98 Å². The van der Waals surface area contributed by atoms with E-state index in [2.05, 4.69) is 32.4 Å². The number of pyridine rings is 1. The van der Waals surface area contributed by atoms with Crippen LogP contribution >= 0.6 is 0 Å². The predicted octanol–water partition coefficient (Wildman–Crippen LogP) is 5.03. The van der Waals surface area contributed by atoms with Gasteiger partial charge >= 0.3 is 0 Å². The molecule has 0 saturated carbocycles. The number of unbranched alkanes of at least 4 members (excludes halogenated alkanes) is 2. The van der Waals surface area contributed by atoms with Crippen LogP contribution in [0.3, 0.4) is 0 Å². The van der Waals surface area contributed by atoms with Crippen molar-refractivity contribution in [3.8, 4) is 5.82 Å². The summed E-state index contributed by atoms with van der Waals surface area (Å²) < 4.78 is 3.17. The fraction of sp³-hybridized carbons (Fsp3) is 0.349. The molecule has 59 heavy (non-hydrogen) atoms. The summed E-state index contributed by atoms with van der Waals surface area (Å²) in [6, 6.07) is 15.7. The molecule has 5 heterocycles. The third-order valence-corrected chi connectivity index (χ3v) is 10.7. The molecule has 1 saturated heterocycles. The van der Waals surface area contributed by atoms with Crippen molar-refractivity contribution in [3.63, 3.8) is 0 Å². The number of allylic oxidation sites excluding steroid dienone is 1. The molecule has 16 nitrogen and oxygen atoms in total. The molecule has 2 aromatic carbocycles. The van der Waals surface area contributed by atoms with Crippen molar-refractivity contribution < 1.29 is 24.3 Å². The summed E-state index contributed by atoms with van der Waals surface area (Å²) in [6.45, 7) is 9.57. The van der Waals surface area contributed by atoms with Gasteiger partial charge in [0.15, 0.2) is 11.5 Å². The third-order valence-electron chi connectivity index (χ3n) is 10.7. The first-order valence-corrected chi connectivity index (χ1v) is 20.1. The number of imide groups is 2. The number of aliphatic hydroxyl groups is 1. The van der Waals surface area contributed by atoms with Crippen LogP contribution in [-0.4, -0.2) is 84.1 Å². The molecule has 2 aliphatic heterocycles. The number of piperidine rings is 1. The number of nitrogens with one attached hydrogen (secondary N) is 3. The van der Waals surface area contributed by atoms with E-state index in [1.165, 1.54) is 10.9 Å². The molecule has 4 amide bonds. The molecule has 306 valence electrons. The zero-order chi connectivity index (χ0) is 41.8. The van der Waals surface area contributed by atoms with E-state index < -0.39 is 35.8 Å². The second-order valence-corrected chi connectivity index (χ2v) is 14.5. The summed E-state index contributed by atoms with van der Waals surface area (Å²) in [5.41, 5.74) is 4.78. The first-order chi connectivity index (χ1) is 28.6. The number of rotatable bonds is 14. The minimum Gasteiger partial charge on any atom is -0.387 e. The Balaban J connectivity index is 0.00000260. The second-order valence-electron chi connectivity index (χ2n) is 14.5.